The standard InChI is InChI=1S/C22H28N2O3/c1-15-13-20(14-16(2)24-15)27-12-10-18-5-7-19(8-6-18)17(3)21(9-11-25)22(26)23-4/h5-8,11,13-14,17,21H,9-10,12H2,1-4H3,(H,23,26). The Morgan fingerprint density at radius 1 is 1.19 bits per heavy atom. The first-order valence-corrected chi connectivity index (χ1v) is 9.26. The van der Waals surface area contributed by atoms with E-state index in [1.54, 1.807) is 7.05 Å². The van der Waals surface area contributed by atoms with E-state index in [0.717, 1.165) is 35.4 Å². The van der Waals surface area contributed by atoms with Crippen LogP contribution < -0.4 is 10.1 Å². The van der Waals surface area contributed by atoms with Crippen LogP contribution in [0.5, 0.6) is 5.75 Å². The maximum atomic E-state index is 12.0. The van der Waals surface area contributed by atoms with Crippen molar-refractivity contribution in [2.45, 2.75) is 39.5 Å². The summed E-state index contributed by atoms with van der Waals surface area (Å²) < 4.78 is 5.83. The molecule has 0 spiro atoms. The van der Waals surface area contributed by atoms with Crippen molar-refractivity contribution in [1.82, 2.24) is 10.3 Å². The van der Waals surface area contributed by atoms with Gasteiger partial charge in [0.25, 0.3) is 0 Å². The summed E-state index contributed by atoms with van der Waals surface area (Å²) in [5.74, 6) is 0.366. The van der Waals surface area contributed by atoms with E-state index >= 15 is 0 Å². The van der Waals surface area contributed by atoms with Crippen LogP contribution in [-0.4, -0.2) is 30.8 Å². The summed E-state index contributed by atoms with van der Waals surface area (Å²) in [6.07, 6.45) is 1.83. The van der Waals surface area contributed by atoms with E-state index in [9.17, 15) is 9.59 Å². The number of nitrogens with zero attached hydrogens (tertiary/aromatic N) is 1. The molecule has 0 saturated heterocycles. The van der Waals surface area contributed by atoms with Crippen LogP contribution in [0.1, 0.15) is 41.8 Å². The summed E-state index contributed by atoms with van der Waals surface area (Å²) in [6.45, 7) is 6.48. The molecule has 5 heteroatoms. The second-order valence-electron chi connectivity index (χ2n) is 6.84. The summed E-state index contributed by atoms with van der Waals surface area (Å²) >= 11 is 0. The van der Waals surface area contributed by atoms with Crippen molar-refractivity contribution in [3.63, 3.8) is 0 Å². The highest BCUT2D eigenvalue weighted by Gasteiger charge is 2.25. The van der Waals surface area contributed by atoms with Crippen LogP contribution in [0.3, 0.4) is 0 Å². The van der Waals surface area contributed by atoms with Crippen molar-refractivity contribution < 1.29 is 14.3 Å². The Hall–Kier alpha value is -2.69. The Morgan fingerprint density at radius 3 is 2.37 bits per heavy atom. The third-order valence-corrected chi connectivity index (χ3v) is 4.76. The molecule has 5 nitrogen and oxygen atoms in total. The molecule has 0 saturated carbocycles. The lowest BCUT2D eigenvalue weighted by molar-refractivity contribution is -0.127. The number of nitrogens with one attached hydrogen (secondary N) is 1. The summed E-state index contributed by atoms with van der Waals surface area (Å²) in [5.41, 5.74) is 4.12. The van der Waals surface area contributed by atoms with E-state index in [1.165, 1.54) is 5.56 Å². The molecular formula is C22H28N2O3. The molecule has 1 N–H and O–H groups in total. The number of carbonyl (C=O) groups excluding carboxylic acids is 2. The fourth-order valence-corrected chi connectivity index (χ4v) is 3.21. The lowest BCUT2D eigenvalue weighted by Crippen LogP contribution is -2.31. The first-order valence-electron chi connectivity index (χ1n) is 9.26. The van der Waals surface area contributed by atoms with E-state index in [4.69, 9.17) is 4.74 Å². The molecule has 2 aromatic rings. The minimum Gasteiger partial charge on any atom is -0.493 e. The second kappa shape index (κ2) is 9.86. The summed E-state index contributed by atoms with van der Waals surface area (Å²) in [7, 11) is 1.60. The molecule has 2 rings (SSSR count). The average molecular weight is 368 g/mol. The van der Waals surface area contributed by atoms with E-state index in [1.807, 2.05) is 45.0 Å². The third-order valence-electron chi connectivity index (χ3n) is 4.76. The number of amides is 1. The number of hydrogen-bond donors (Lipinski definition) is 1. The maximum Gasteiger partial charge on any atom is 0.223 e. The average Bonchev–Trinajstić information content (AvgIpc) is 2.65. The van der Waals surface area contributed by atoms with Gasteiger partial charge < -0.3 is 14.8 Å². The molecule has 0 aliphatic heterocycles. The Bertz CT molecular complexity index is 751. The number of ether oxygens (including phenoxy) is 1. The van der Waals surface area contributed by atoms with Crippen LogP contribution >= 0.6 is 0 Å². The Kier molecular flexibility index (Phi) is 7.53. The van der Waals surface area contributed by atoms with Gasteiger partial charge in [0.2, 0.25) is 5.91 Å². The highest BCUT2D eigenvalue weighted by atomic mass is 16.5. The molecule has 0 fully saturated rings. The Morgan fingerprint density at radius 2 is 1.81 bits per heavy atom. The van der Waals surface area contributed by atoms with Crippen molar-refractivity contribution >= 4 is 12.2 Å². The molecule has 1 aromatic carbocycles. The van der Waals surface area contributed by atoms with Gasteiger partial charge in [0.05, 0.1) is 12.5 Å². The molecule has 0 radical (unpaired) electrons. The number of rotatable bonds is 9. The normalized spacial score (nSPS) is 12.9. The molecule has 1 amide bonds. The largest absolute Gasteiger partial charge is 0.493 e. The van der Waals surface area contributed by atoms with Crippen molar-refractivity contribution in [3.05, 3.63) is 58.9 Å². The van der Waals surface area contributed by atoms with Crippen molar-refractivity contribution in [3.8, 4) is 5.75 Å². The molecule has 2 atom stereocenters. The molecule has 0 aliphatic carbocycles. The smallest absolute Gasteiger partial charge is 0.223 e. The van der Waals surface area contributed by atoms with Crippen molar-refractivity contribution in [1.29, 1.82) is 0 Å². The maximum absolute atomic E-state index is 12.0. The predicted octanol–water partition coefficient (Wildman–Crippen LogP) is 3.37. The van der Waals surface area contributed by atoms with E-state index in [2.05, 4.69) is 22.4 Å². The van der Waals surface area contributed by atoms with Gasteiger partial charge in [0.1, 0.15) is 12.0 Å². The summed E-state index contributed by atoms with van der Waals surface area (Å²) in [5, 5.41) is 2.64. The fourth-order valence-electron chi connectivity index (χ4n) is 3.21. The number of aryl methyl sites for hydroxylation is 2. The SMILES string of the molecule is CNC(=O)C(CC=O)C(C)c1ccc(CCOc2cc(C)nc(C)c2)cc1. The number of benzene rings is 1. The molecule has 1 aromatic heterocycles. The molecule has 144 valence electrons. The second-order valence-corrected chi connectivity index (χ2v) is 6.84. The zero-order valence-corrected chi connectivity index (χ0v) is 16.5. The molecule has 27 heavy (non-hydrogen) atoms. The van der Waals surface area contributed by atoms with Gasteiger partial charge in [0, 0.05) is 43.4 Å². The van der Waals surface area contributed by atoms with Crippen LogP contribution in [0.2, 0.25) is 0 Å². The highest BCUT2D eigenvalue weighted by molar-refractivity contribution is 5.81. The predicted molar refractivity (Wildman–Crippen MR) is 106 cm³/mol. The molecular weight excluding hydrogens is 340 g/mol. The topological polar surface area (TPSA) is 68.3 Å². The Labute approximate surface area is 161 Å². The lowest BCUT2D eigenvalue weighted by atomic mass is 9.84. The van der Waals surface area contributed by atoms with E-state index in [0.29, 0.717) is 6.61 Å². The van der Waals surface area contributed by atoms with Gasteiger partial charge in [-0.15, -0.1) is 0 Å². The first-order chi connectivity index (χ1) is 12.9. The first kappa shape index (κ1) is 20.6. The quantitative estimate of drug-likeness (QED) is 0.689. The Balaban J connectivity index is 1.95. The van der Waals surface area contributed by atoms with Crippen molar-refractivity contribution in [2.24, 2.45) is 5.92 Å². The molecule has 1 heterocycles. The van der Waals surface area contributed by atoms with Gasteiger partial charge in [-0.2, -0.15) is 0 Å². The van der Waals surface area contributed by atoms with Gasteiger partial charge in [0.15, 0.2) is 0 Å². The number of hydrogen-bond acceptors (Lipinski definition) is 4. The summed E-state index contributed by atoms with van der Waals surface area (Å²) in [6, 6.07) is 12.0. The van der Waals surface area contributed by atoms with Crippen LogP contribution in [0.25, 0.3) is 0 Å². The summed E-state index contributed by atoms with van der Waals surface area (Å²) in [4.78, 5) is 27.3. The van der Waals surface area contributed by atoms with Crippen LogP contribution in [0.4, 0.5) is 0 Å². The van der Waals surface area contributed by atoms with Gasteiger partial charge >= 0.3 is 0 Å². The van der Waals surface area contributed by atoms with E-state index < -0.39 is 0 Å². The third kappa shape index (κ3) is 5.91. The number of aldehydes is 1. The zero-order chi connectivity index (χ0) is 19.8. The van der Waals surface area contributed by atoms with Crippen molar-refractivity contribution in [2.75, 3.05) is 13.7 Å². The molecule has 2 unspecified atom stereocenters. The van der Waals surface area contributed by atoms with E-state index in [-0.39, 0.29) is 24.2 Å². The molecule has 0 aliphatic rings. The van der Waals surface area contributed by atoms with Gasteiger partial charge in [-0.05, 0) is 30.9 Å². The van der Waals surface area contributed by atoms with Gasteiger partial charge in [-0.25, -0.2) is 0 Å². The van der Waals surface area contributed by atoms with Crippen LogP contribution in [-0.2, 0) is 16.0 Å². The monoisotopic (exact) mass is 368 g/mol. The minimum absolute atomic E-state index is 0.0248. The number of aromatic nitrogens is 1. The fraction of sp³-hybridized carbons (Fsp3) is 0.409. The van der Waals surface area contributed by atoms with Crippen LogP contribution in [0, 0.1) is 19.8 Å². The van der Waals surface area contributed by atoms with Gasteiger partial charge in [-0.3, -0.25) is 9.78 Å². The van der Waals surface area contributed by atoms with Gasteiger partial charge in [-0.1, -0.05) is 31.2 Å². The lowest BCUT2D eigenvalue weighted by Gasteiger charge is -2.21. The minimum atomic E-state index is -0.347. The highest BCUT2D eigenvalue weighted by Crippen LogP contribution is 2.27. The number of carbonyl (C=O) groups is 2. The molecule has 0 bridgehead atoms. The zero-order valence-electron chi connectivity index (χ0n) is 16.5. The number of pyridine rings is 1. The van der Waals surface area contributed by atoms with Crippen LogP contribution in [0.15, 0.2) is 36.4 Å².